The van der Waals surface area contributed by atoms with Crippen LogP contribution in [-0.4, -0.2) is 24.0 Å². The van der Waals surface area contributed by atoms with Crippen LogP contribution < -0.4 is 4.90 Å². The van der Waals surface area contributed by atoms with Gasteiger partial charge in [0.2, 0.25) is 0 Å². The predicted molar refractivity (Wildman–Crippen MR) is 75.5 cm³/mol. The third-order valence-corrected chi connectivity index (χ3v) is 3.80. The number of thiophene rings is 1. The van der Waals surface area contributed by atoms with Crippen LogP contribution in [0.1, 0.15) is 20.0 Å². The lowest BCUT2D eigenvalue weighted by Crippen LogP contribution is -2.27. The van der Waals surface area contributed by atoms with E-state index in [0.29, 0.717) is 14.9 Å². The number of para-hydroxylation sites is 1. The zero-order valence-electron chi connectivity index (χ0n) is 9.96. The number of halogens is 1. The van der Waals surface area contributed by atoms with Crippen molar-refractivity contribution in [2.24, 2.45) is 0 Å². The number of aromatic carboxylic acids is 1. The van der Waals surface area contributed by atoms with Gasteiger partial charge in [0.05, 0.1) is 20.5 Å². The lowest BCUT2D eigenvalue weighted by molar-refractivity contribution is 0.0697. The first-order valence-corrected chi connectivity index (χ1v) is 6.56. The first-order valence-electron chi connectivity index (χ1n) is 5.36. The van der Waals surface area contributed by atoms with Gasteiger partial charge in [0.25, 0.3) is 5.91 Å². The van der Waals surface area contributed by atoms with Gasteiger partial charge >= 0.3 is 5.97 Å². The number of hydrogen-bond donors (Lipinski definition) is 1. The van der Waals surface area contributed by atoms with E-state index in [4.69, 9.17) is 16.7 Å². The monoisotopic (exact) mass is 295 g/mol. The fourth-order valence-electron chi connectivity index (χ4n) is 1.65. The standard InChI is InChI=1S/C13H10ClNO3S/c1-15(12(16)10-6-7-11(14)19-10)9-5-3-2-4-8(9)13(17)18/h2-7H,1H3,(H,17,18). The highest BCUT2D eigenvalue weighted by Gasteiger charge is 2.20. The van der Waals surface area contributed by atoms with Gasteiger partial charge in [-0.15, -0.1) is 11.3 Å². The molecule has 19 heavy (non-hydrogen) atoms. The lowest BCUT2D eigenvalue weighted by Gasteiger charge is -2.18. The van der Waals surface area contributed by atoms with Crippen molar-refractivity contribution in [2.45, 2.75) is 0 Å². The quantitative estimate of drug-likeness (QED) is 0.944. The van der Waals surface area contributed by atoms with Gasteiger partial charge in [0.1, 0.15) is 0 Å². The third-order valence-electron chi connectivity index (χ3n) is 2.58. The van der Waals surface area contributed by atoms with Crippen LogP contribution in [0.15, 0.2) is 36.4 Å². The Hall–Kier alpha value is -1.85. The summed E-state index contributed by atoms with van der Waals surface area (Å²) in [5.41, 5.74) is 0.436. The van der Waals surface area contributed by atoms with Gasteiger partial charge in [0.15, 0.2) is 0 Å². The van der Waals surface area contributed by atoms with E-state index >= 15 is 0 Å². The molecule has 1 N–H and O–H groups in total. The Balaban J connectivity index is 2.37. The minimum Gasteiger partial charge on any atom is -0.478 e. The average Bonchev–Trinajstić information content (AvgIpc) is 2.83. The van der Waals surface area contributed by atoms with Crippen molar-refractivity contribution in [2.75, 3.05) is 11.9 Å². The smallest absolute Gasteiger partial charge is 0.337 e. The maximum atomic E-state index is 12.2. The molecule has 1 heterocycles. The largest absolute Gasteiger partial charge is 0.478 e. The SMILES string of the molecule is CN(C(=O)c1ccc(Cl)s1)c1ccccc1C(=O)O. The minimum absolute atomic E-state index is 0.0843. The molecule has 0 aliphatic carbocycles. The van der Waals surface area contributed by atoms with Crippen molar-refractivity contribution < 1.29 is 14.7 Å². The van der Waals surface area contributed by atoms with Crippen LogP contribution in [-0.2, 0) is 0 Å². The number of carbonyl (C=O) groups is 2. The van der Waals surface area contributed by atoms with Crippen LogP contribution in [0.3, 0.4) is 0 Å². The van der Waals surface area contributed by atoms with Gasteiger partial charge in [-0.3, -0.25) is 4.79 Å². The molecule has 0 saturated heterocycles. The number of rotatable bonds is 3. The molecule has 0 radical (unpaired) electrons. The molecule has 4 nitrogen and oxygen atoms in total. The Morgan fingerprint density at radius 3 is 2.47 bits per heavy atom. The molecule has 0 spiro atoms. The topological polar surface area (TPSA) is 57.6 Å². The summed E-state index contributed by atoms with van der Waals surface area (Å²) in [6.07, 6.45) is 0. The molecule has 0 unspecified atom stereocenters. The summed E-state index contributed by atoms with van der Waals surface area (Å²) in [4.78, 5) is 25.1. The first-order chi connectivity index (χ1) is 9.00. The molecule has 0 saturated carbocycles. The van der Waals surface area contributed by atoms with Crippen molar-refractivity contribution in [3.63, 3.8) is 0 Å². The maximum absolute atomic E-state index is 12.2. The van der Waals surface area contributed by atoms with Gasteiger partial charge in [-0.25, -0.2) is 4.79 Å². The molecule has 98 valence electrons. The van der Waals surface area contributed by atoms with E-state index in [2.05, 4.69) is 0 Å². The van der Waals surface area contributed by atoms with Gasteiger partial charge in [0, 0.05) is 7.05 Å². The molecule has 6 heteroatoms. The van der Waals surface area contributed by atoms with Gasteiger partial charge in [-0.1, -0.05) is 23.7 Å². The van der Waals surface area contributed by atoms with Crippen molar-refractivity contribution >= 4 is 40.5 Å². The van der Waals surface area contributed by atoms with Crippen LogP contribution in [0.25, 0.3) is 0 Å². The summed E-state index contributed by atoms with van der Waals surface area (Å²) in [6, 6.07) is 9.62. The fourth-order valence-corrected chi connectivity index (χ4v) is 2.67. The number of hydrogen-bond acceptors (Lipinski definition) is 3. The van der Waals surface area contributed by atoms with Crippen LogP contribution >= 0.6 is 22.9 Å². The van der Waals surface area contributed by atoms with Crippen LogP contribution in [0.2, 0.25) is 4.34 Å². The molecule has 1 aromatic carbocycles. The van der Waals surface area contributed by atoms with Crippen LogP contribution in [0, 0.1) is 0 Å². The van der Waals surface area contributed by atoms with Crippen molar-refractivity contribution in [1.82, 2.24) is 0 Å². The van der Waals surface area contributed by atoms with Crippen LogP contribution in [0.5, 0.6) is 0 Å². The molecule has 0 fully saturated rings. The summed E-state index contributed by atoms with van der Waals surface area (Å²) in [6.45, 7) is 0. The molecule has 0 aliphatic heterocycles. The predicted octanol–water partition coefficient (Wildman–Crippen LogP) is 3.38. The van der Waals surface area contributed by atoms with Gasteiger partial charge < -0.3 is 10.0 Å². The fraction of sp³-hybridized carbons (Fsp3) is 0.0769. The molecule has 2 aromatic rings. The molecule has 0 atom stereocenters. The van der Waals surface area contributed by atoms with E-state index in [1.807, 2.05) is 0 Å². The van der Waals surface area contributed by atoms with E-state index in [1.165, 1.54) is 18.0 Å². The highest BCUT2D eigenvalue weighted by atomic mass is 35.5. The molecule has 0 aliphatic rings. The zero-order valence-corrected chi connectivity index (χ0v) is 11.5. The third kappa shape index (κ3) is 2.77. The van der Waals surface area contributed by atoms with E-state index < -0.39 is 5.97 Å². The molecular weight excluding hydrogens is 286 g/mol. The highest BCUT2D eigenvalue weighted by Crippen LogP contribution is 2.26. The Morgan fingerprint density at radius 1 is 1.21 bits per heavy atom. The molecule has 1 amide bonds. The van der Waals surface area contributed by atoms with E-state index in [9.17, 15) is 9.59 Å². The molecule has 2 rings (SSSR count). The Morgan fingerprint density at radius 2 is 1.89 bits per heavy atom. The zero-order chi connectivity index (χ0) is 14.0. The van der Waals surface area contributed by atoms with E-state index in [1.54, 1.807) is 30.3 Å². The molecule has 1 aromatic heterocycles. The van der Waals surface area contributed by atoms with Crippen LogP contribution in [0.4, 0.5) is 5.69 Å². The molecular formula is C13H10ClNO3S. The summed E-state index contributed by atoms with van der Waals surface area (Å²) in [5, 5.41) is 9.11. The lowest BCUT2D eigenvalue weighted by atomic mass is 10.1. The summed E-state index contributed by atoms with van der Waals surface area (Å²) >= 11 is 6.95. The Labute approximate surface area is 118 Å². The number of benzene rings is 1. The minimum atomic E-state index is -1.07. The number of carbonyl (C=O) groups excluding carboxylic acids is 1. The van der Waals surface area contributed by atoms with Gasteiger partial charge in [-0.2, -0.15) is 0 Å². The van der Waals surface area contributed by atoms with Gasteiger partial charge in [-0.05, 0) is 24.3 Å². The Kier molecular flexibility index (Phi) is 3.87. The number of carboxylic acids is 1. The second-order valence-electron chi connectivity index (χ2n) is 3.79. The summed E-state index contributed by atoms with van der Waals surface area (Å²) in [7, 11) is 1.54. The highest BCUT2D eigenvalue weighted by molar-refractivity contribution is 7.18. The first kappa shape index (κ1) is 13.6. The second kappa shape index (κ2) is 5.42. The number of anilines is 1. The Bertz CT molecular complexity index is 638. The van der Waals surface area contributed by atoms with Crippen molar-refractivity contribution in [3.8, 4) is 0 Å². The number of carboxylic acid groups (broad SMARTS) is 1. The molecule has 0 bridgehead atoms. The number of amides is 1. The summed E-state index contributed by atoms with van der Waals surface area (Å²) in [5.74, 6) is -1.36. The summed E-state index contributed by atoms with van der Waals surface area (Å²) < 4.78 is 0.517. The van der Waals surface area contributed by atoms with Crippen molar-refractivity contribution in [1.29, 1.82) is 0 Å². The average molecular weight is 296 g/mol. The van der Waals surface area contributed by atoms with E-state index in [-0.39, 0.29) is 11.5 Å². The second-order valence-corrected chi connectivity index (χ2v) is 5.51. The van der Waals surface area contributed by atoms with Crippen molar-refractivity contribution in [3.05, 3.63) is 51.2 Å². The maximum Gasteiger partial charge on any atom is 0.337 e. The normalized spacial score (nSPS) is 10.2. The number of nitrogens with zero attached hydrogens (tertiary/aromatic N) is 1. The van der Waals surface area contributed by atoms with E-state index in [0.717, 1.165) is 11.3 Å².